The van der Waals surface area contributed by atoms with E-state index >= 15 is 0 Å². The van der Waals surface area contributed by atoms with Gasteiger partial charge in [0.2, 0.25) is 0 Å². The zero-order valence-electron chi connectivity index (χ0n) is 15.4. The lowest BCUT2D eigenvalue weighted by Crippen LogP contribution is -2.34. The van der Waals surface area contributed by atoms with Crippen LogP contribution in [0.1, 0.15) is 110 Å². The van der Waals surface area contributed by atoms with Crippen LogP contribution in [0, 0.1) is 5.92 Å². The summed E-state index contributed by atoms with van der Waals surface area (Å²) in [5.41, 5.74) is 0. The van der Waals surface area contributed by atoms with Gasteiger partial charge in [-0.3, -0.25) is 0 Å². The fourth-order valence-corrected chi connectivity index (χ4v) is 5.07. The standard InChI is InChI=1S/C21H38O2/c1-2-3-4-5-6-7-8-11-16-21-17-12-15-19(22-21)20(23-21)18-13-9-10-14-18/h18-20H,2-17H2,1H3/t19-,20+,21+/m0/s1. The second-order valence-electron chi connectivity index (χ2n) is 8.31. The third-order valence-corrected chi connectivity index (χ3v) is 6.41. The molecule has 0 radical (unpaired) electrons. The predicted molar refractivity (Wildman–Crippen MR) is 95.5 cm³/mol. The molecule has 2 bridgehead atoms. The molecule has 23 heavy (non-hydrogen) atoms. The lowest BCUT2D eigenvalue weighted by Gasteiger charge is -2.31. The molecule has 3 aliphatic rings. The molecule has 3 rings (SSSR count). The highest BCUT2D eigenvalue weighted by molar-refractivity contribution is 4.94. The first kappa shape index (κ1) is 17.7. The van der Waals surface area contributed by atoms with Crippen molar-refractivity contribution in [1.29, 1.82) is 0 Å². The smallest absolute Gasteiger partial charge is 0.169 e. The van der Waals surface area contributed by atoms with Gasteiger partial charge >= 0.3 is 0 Å². The van der Waals surface area contributed by atoms with Crippen LogP contribution in [0.25, 0.3) is 0 Å². The molecule has 2 saturated heterocycles. The highest BCUT2D eigenvalue weighted by Crippen LogP contribution is 2.47. The highest BCUT2D eigenvalue weighted by atomic mass is 16.8. The maximum Gasteiger partial charge on any atom is 0.169 e. The van der Waals surface area contributed by atoms with E-state index in [9.17, 15) is 0 Å². The Morgan fingerprint density at radius 2 is 1.48 bits per heavy atom. The van der Waals surface area contributed by atoms with Crippen molar-refractivity contribution >= 4 is 0 Å². The van der Waals surface area contributed by atoms with Gasteiger partial charge in [0.15, 0.2) is 5.79 Å². The average molecular weight is 323 g/mol. The van der Waals surface area contributed by atoms with Crippen molar-refractivity contribution in [2.75, 3.05) is 0 Å². The Labute approximate surface area is 143 Å². The van der Waals surface area contributed by atoms with Crippen molar-refractivity contribution in [2.24, 2.45) is 5.92 Å². The van der Waals surface area contributed by atoms with E-state index in [1.165, 1.54) is 89.9 Å². The number of ether oxygens (including phenoxy) is 2. The Morgan fingerprint density at radius 1 is 0.783 bits per heavy atom. The number of hydrogen-bond acceptors (Lipinski definition) is 2. The Hall–Kier alpha value is -0.0800. The van der Waals surface area contributed by atoms with Gasteiger partial charge in [-0.25, -0.2) is 0 Å². The molecule has 0 N–H and O–H groups in total. The second-order valence-corrected chi connectivity index (χ2v) is 8.31. The van der Waals surface area contributed by atoms with Crippen LogP contribution in [-0.4, -0.2) is 18.0 Å². The first-order valence-corrected chi connectivity index (χ1v) is 10.7. The topological polar surface area (TPSA) is 18.5 Å². The first-order valence-electron chi connectivity index (χ1n) is 10.7. The van der Waals surface area contributed by atoms with Crippen LogP contribution in [0.15, 0.2) is 0 Å². The zero-order valence-corrected chi connectivity index (χ0v) is 15.4. The summed E-state index contributed by atoms with van der Waals surface area (Å²) >= 11 is 0. The molecule has 0 aromatic rings. The van der Waals surface area contributed by atoms with E-state index < -0.39 is 0 Å². The van der Waals surface area contributed by atoms with E-state index in [2.05, 4.69) is 6.92 Å². The minimum atomic E-state index is -0.182. The molecule has 1 aliphatic carbocycles. The van der Waals surface area contributed by atoms with E-state index in [-0.39, 0.29) is 5.79 Å². The van der Waals surface area contributed by atoms with Gasteiger partial charge in [-0.2, -0.15) is 0 Å². The molecular formula is C21H38O2. The maximum atomic E-state index is 6.59. The van der Waals surface area contributed by atoms with E-state index in [1.807, 2.05) is 0 Å². The molecular weight excluding hydrogens is 284 g/mol. The fraction of sp³-hybridized carbons (Fsp3) is 1.00. The summed E-state index contributed by atoms with van der Waals surface area (Å²) in [4.78, 5) is 0. The van der Waals surface area contributed by atoms with Crippen LogP contribution in [0.5, 0.6) is 0 Å². The Bertz CT molecular complexity index is 337. The van der Waals surface area contributed by atoms with E-state index in [1.54, 1.807) is 0 Å². The molecule has 2 aliphatic heterocycles. The van der Waals surface area contributed by atoms with Crippen LogP contribution in [0.4, 0.5) is 0 Å². The first-order chi connectivity index (χ1) is 11.3. The van der Waals surface area contributed by atoms with Crippen molar-refractivity contribution in [3.8, 4) is 0 Å². The molecule has 0 aromatic heterocycles. The third-order valence-electron chi connectivity index (χ3n) is 6.41. The van der Waals surface area contributed by atoms with Gasteiger partial charge in [-0.15, -0.1) is 0 Å². The van der Waals surface area contributed by atoms with Crippen LogP contribution in [0.2, 0.25) is 0 Å². The van der Waals surface area contributed by atoms with Gasteiger partial charge in [0.05, 0.1) is 12.2 Å². The van der Waals surface area contributed by atoms with E-state index in [4.69, 9.17) is 9.47 Å². The molecule has 0 amide bonds. The molecule has 2 nitrogen and oxygen atoms in total. The summed E-state index contributed by atoms with van der Waals surface area (Å²) in [6.45, 7) is 2.29. The number of fused-ring (bicyclic) bond motifs is 2. The van der Waals surface area contributed by atoms with Gasteiger partial charge in [0.1, 0.15) is 0 Å². The third kappa shape index (κ3) is 4.72. The maximum absolute atomic E-state index is 6.59. The molecule has 0 aromatic carbocycles. The van der Waals surface area contributed by atoms with Crippen molar-refractivity contribution in [2.45, 2.75) is 128 Å². The molecule has 1 saturated carbocycles. The molecule has 0 spiro atoms. The largest absolute Gasteiger partial charge is 0.344 e. The van der Waals surface area contributed by atoms with Crippen LogP contribution in [0.3, 0.4) is 0 Å². The second kappa shape index (κ2) is 8.85. The zero-order chi connectivity index (χ0) is 16.0. The fourth-order valence-electron chi connectivity index (χ4n) is 5.07. The van der Waals surface area contributed by atoms with E-state index in [0.29, 0.717) is 12.2 Å². The van der Waals surface area contributed by atoms with Crippen molar-refractivity contribution in [3.63, 3.8) is 0 Å². The molecule has 134 valence electrons. The summed E-state index contributed by atoms with van der Waals surface area (Å²) in [5, 5.41) is 0. The van der Waals surface area contributed by atoms with Crippen molar-refractivity contribution in [1.82, 2.24) is 0 Å². The quantitative estimate of drug-likeness (QED) is 0.435. The number of unbranched alkanes of at least 4 members (excludes halogenated alkanes) is 7. The van der Waals surface area contributed by atoms with Crippen molar-refractivity contribution < 1.29 is 9.47 Å². The molecule has 3 atom stereocenters. The van der Waals surface area contributed by atoms with Crippen LogP contribution in [-0.2, 0) is 9.47 Å². The van der Waals surface area contributed by atoms with Gasteiger partial charge in [-0.05, 0) is 38.0 Å². The highest BCUT2D eigenvalue weighted by Gasteiger charge is 2.51. The van der Waals surface area contributed by atoms with E-state index in [0.717, 1.165) is 18.8 Å². The average Bonchev–Trinajstić information content (AvgIpc) is 3.17. The summed E-state index contributed by atoms with van der Waals surface area (Å²) < 4.78 is 13.0. The lowest BCUT2D eigenvalue weighted by atomic mass is 9.92. The van der Waals surface area contributed by atoms with Gasteiger partial charge < -0.3 is 9.47 Å². The molecule has 2 heterocycles. The predicted octanol–water partition coefficient (Wildman–Crippen LogP) is 6.37. The normalized spacial score (nSPS) is 34.3. The lowest BCUT2D eigenvalue weighted by molar-refractivity contribution is -0.200. The Morgan fingerprint density at radius 3 is 2.22 bits per heavy atom. The molecule has 2 heteroatoms. The van der Waals surface area contributed by atoms with Gasteiger partial charge in [0, 0.05) is 12.8 Å². The number of rotatable bonds is 10. The molecule has 0 unspecified atom stereocenters. The van der Waals surface area contributed by atoms with Crippen LogP contribution >= 0.6 is 0 Å². The summed E-state index contributed by atoms with van der Waals surface area (Å²) in [5.74, 6) is 0.608. The minimum Gasteiger partial charge on any atom is -0.344 e. The SMILES string of the molecule is CCCCCCCCCC[C@@]12CCC[C@H](O1)[C@@H](C1CCCC1)O2. The van der Waals surface area contributed by atoms with Gasteiger partial charge in [0.25, 0.3) is 0 Å². The monoisotopic (exact) mass is 322 g/mol. The molecule has 3 fully saturated rings. The van der Waals surface area contributed by atoms with Crippen LogP contribution < -0.4 is 0 Å². The summed E-state index contributed by atoms with van der Waals surface area (Å²) in [7, 11) is 0. The van der Waals surface area contributed by atoms with Crippen molar-refractivity contribution in [3.05, 3.63) is 0 Å². The minimum absolute atomic E-state index is 0.182. The number of hydrogen-bond donors (Lipinski definition) is 0. The van der Waals surface area contributed by atoms with Gasteiger partial charge in [-0.1, -0.05) is 64.7 Å². The Kier molecular flexibility index (Phi) is 6.83. The summed E-state index contributed by atoms with van der Waals surface area (Å²) in [6, 6.07) is 0. The summed E-state index contributed by atoms with van der Waals surface area (Å²) in [6.07, 6.45) is 22.3. The Balaban J connectivity index is 1.36.